The molecule has 0 unspecified atom stereocenters. The van der Waals surface area contributed by atoms with Crippen molar-refractivity contribution in [3.05, 3.63) is 46.4 Å². The number of nitrogens with one attached hydrogen (secondary N) is 2. The van der Waals surface area contributed by atoms with Crippen LogP contribution in [0.3, 0.4) is 0 Å². The number of amides is 1. The molecule has 0 radical (unpaired) electrons. The van der Waals surface area contributed by atoms with Gasteiger partial charge in [0.05, 0.1) is 0 Å². The summed E-state index contributed by atoms with van der Waals surface area (Å²) in [5.74, 6) is 1.33. The largest absolute Gasteiger partial charge is 0.486 e. The number of halogens is 1. The fourth-order valence-electron chi connectivity index (χ4n) is 2.42. The van der Waals surface area contributed by atoms with Crippen molar-refractivity contribution in [1.82, 2.24) is 0 Å². The van der Waals surface area contributed by atoms with E-state index in [9.17, 15) is 4.79 Å². The van der Waals surface area contributed by atoms with E-state index in [0.717, 1.165) is 10.2 Å². The average Bonchev–Trinajstić information content (AvgIpc) is 2.57. The molecule has 2 aromatic carbocycles. The Morgan fingerprint density at radius 3 is 2.71 bits per heavy atom. The van der Waals surface area contributed by atoms with Gasteiger partial charge in [-0.25, -0.2) is 0 Å². The Kier molecular flexibility index (Phi) is 5.25. The highest BCUT2D eigenvalue weighted by molar-refractivity contribution is 9.10. The summed E-state index contributed by atoms with van der Waals surface area (Å²) in [5, 5.41) is 6.13. The van der Waals surface area contributed by atoms with E-state index in [0.29, 0.717) is 43.4 Å². The number of carbonyl (C=O) groups is 1. The van der Waals surface area contributed by atoms with Crippen LogP contribution in [-0.4, -0.2) is 25.7 Å². The van der Waals surface area contributed by atoms with Crippen molar-refractivity contribution < 1.29 is 14.3 Å². The van der Waals surface area contributed by atoms with Gasteiger partial charge in [0.15, 0.2) is 11.5 Å². The van der Waals surface area contributed by atoms with Gasteiger partial charge >= 0.3 is 0 Å². The molecule has 0 aliphatic carbocycles. The topological polar surface area (TPSA) is 59.6 Å². The van der Waals surface area contributed by atoms with Crippen LogP contribution in [0.25, 0.3) is 0 Å². The minimum Gasteiger partial charge on any atom is -0.486 e. The molecule has 0 spiro atoms. The molecule has 0 aromatic heterocycles. The molecule has 1 heterocycles. The zero-order valence-electron chi connectivity index (χ0n) is 13.4. The first-order valence-corrected chi connectivity index (χ1v) is 8.60. The number of benzene rings is 2. The molecule has 2 N–H and O–H groups in total. The van der Waals surface area contributed by atoms with Crippen molar-refractivity contribution in [3.8, 4) is 11.5 Å². The number of aryl methyl sites for hydroxylation is 1. The molecule has 0 saturated carbocycles. The van der Waals surface area contributed by atoms with Gasteiger partial charge < -0.3 is 20.1 Å². The second-order valence-electron chi connectivity index (χ2n) is 5.57. The van der Waals surface area contributed by atoms with Crippen LogP contribution in [0, 0.1) is 6.92 Å². The van der Waals surface area contributed by atoms with Crippen LogP contribution in [0.15, 0.2) is 40.9 Å². The highest BCUT2D eigenvalue weighted by Crippen LogP contribution is 2.32. The first-order chi connectivity index (χ1) is 11.6. The van der Waals surface area contributed by atoms with Gasteiger partial charge in [-0.1, -0.05) is 6.07 Å². The van der Waals surface area contributed by atoms with E-state index in [1.165, 1.54) is 5.56 Å². The normalized spacial score (nSPS) is 12.6. The van der Waals surface area contributed by atoms with Crippen molar-refractivity contribution in [3.63, 3.8) is 0 Å². The molecule has 24 heavy (non-hydrogen) atoms. The second kappa shape index (κ2) is 7.57. The van der Waals surface area contributed by atoms with E-state index in [1.54, 1.807) is 6.07 Å². The molecule has 1 amide bonds. The van der Waals surface area contributed by atoms with Crippen LogP contribution in [0.4, 0.5) is 11.4 Å². The molecule has 1 aliphatic heterocycles. The van der Waals surface area contributed by atoms with Crippen molar-refractivity contribution in [1.29, 1.82) is 0 Å². The Hall–Kier alpha value is -2.21. The van der Waals surface area contributed by atoms with Gasteiger partial charge in [-0.05, 0) is 52.7 Å². The maximum absolute atomic E-state index is 12.1. The molecule has 126 valence electrons. The van der Waals surface area contributed by atoms with Gasteiger partial charge in [0.25, 0.3) is 0 Å². The summed E-state index contributed by atoms with van der Waals surface area (Å²) in [6, 6.07) is 11.5. The molecular weight excluding hydrogens is 372 g/mol. The molecular formula is C18H19BrN2O3. The van der Waals surface area contributed by atoms with E-state index >= 15 is 0 Å². The number of anilines is 2. The van der Waals surface area contributed by atoms with Crippen LogP contribution in [-0.2, 0) is 4.79 Å². The minimum absolute atomic E-state index is 0.0533. The first kappa shape index (κ1) is 16.6. The Bertz CT molecular complexity index is 749. The zero-order valence-corrected chi connectivity index (χ0v) is 15.0. The Morgan fingerprint density at radius 1 is 1.12 bits per heavy atom. The second-order valence-corrected chi connectivity index (χ2v) is 6.42. The summed E-state index contributed by atoms with van der Waals surface area (Å²) in [6.45, 7) is 3.67. The smallest absolute Gasteiger partial charge is 0.226 e. The summed E-state index contributed by atoms with van der Waals surface area (Å²) >= 11 is 3.51. The summed E-state index contributed by atoms with van der Waals surface area (Å²) in [4.78, 5) is 12.1. The third-order valence-corrected chi connectivity index (χ3v) is 4.27. The standard InChI is InChI=1S/C18H19BrN2O3/c1-12-2-4-15(14(19)10-12)20-7-6-18(22)21-13-3-5-16-17(11-13)24-9-8-23-16/h2-5,10-11,20H,6-9H2,1H3,(H,21,22). The summed E-state index contributed by atoms with van der Waals surface area (Å²) < 4.78 is 12.0. The Balaban J connectivity index is 1.50. The highest BCUT2D eigenvalue weighted by Gasteiger charge is 2.12. The van der Waals surface area contributed by atoms with Gasteiger partial charge in [0, 0.05) is 34.9 Å². The fourth-order valence-corrected chi connectivity index (χ4v) is 3.05. The van der Waals surface area contributed by atoms with Crippen molar-refractivity contribution in [2.45, 2.75) is 13.3 Å². The SMILES string of the molecule is Cc1ccc(NCCC(=O)Nc2ccc3c(c2)OCCO3)c(Br)c1. The van der Waals surface area contributed by atoms with Crippen LogP contribution in [0.1, 0.15) is 12.0 Å². The Labute approximate surface area is 149 Å². The van der Waals surface area contributed by atoms with Gasteiger partial charge in [0.2, 0.25) is 5.91 Å². The predicted molar refractivity (Wildman–Crippen MR) is 98.0 cm³/mol. The molecule has 0 atom stereocenters. The van der Waals surface area contributed by atoms with Crippen LogP contribution in [0.5, 0.6) is 11.5 Å². The maximum atomic E-state index is 12.1. The van der Waals surface area contributed by atoms with Gasteiger partial charge in [-0.2, -0.15) is 0 Å². The van der Waals surface area contributed by atoms with E-state index in [4.69, 9.17) is 9.47 Å². The zero-order chi connectivity index (χ0) is 16.9. The minimum atomic E-state index is -0.0533. The van der Waals surface area contributed by atoms with Crippen LogP contribution < -0.4 is 20.1 Å². The fraction of sp³-hybridized carbons (Fsp3) is 0.278. The molecule has 0 saturated heterocycles. The van der Waals surface area contributed by atoms with Crippen LogP contribution in [0.2, 0.25) is 0 Å². The number of fused-ring (bicyclic) bond motifs is 1. The molecule has 0 fully saturated rings. The number of ether oxygens (including phenoxy) is 2. The summed E-state index contributed by atoms with van der Waals surface area (Å²) in [7, 11) is 0. The molecule has 2 aromatic rings. The molecule has 6 heteroatoms. The van der Waals surface area contributed by atoms with Crippen LogP contribution >= 0.6 is 15.9 Å². The van der Waals surface area contributed by atoms with Crippen molar-refractivity contribution >= 4 is 33.2 Å². The maximum Gasteiger partial charge on any atom is 0.226 e. The summed E-state index contributed by atoms with van der Waals surface area (Å²) in [5.41, 5.74) is 2.87. The first-order valence-electron chi connectivity index (χ1n) is 7.81. The molecule has 3 rings (SSSR count). The third-order valence-electron chi connectivity index (χ3n) is 3.62. The van der Waals surface area contributed by atoms with Crippen molar-refractivity contribution in [2.75, 3.05) is 30.4 Å². The molecule has 5 nitrogen and oxygen atoms in total. The number of hydrogen-bond acceptors (Lipinski definition) is 4. The lowest BCUT2D eigenvalue weighted by molar-refractivity contribution is -0.115. The van der Waals surface area contributed by atoms with E-state index in [1.807, 2.05) is 37.3 Å². The van der Waals surface area contributed by atoms with Gasteiger partial charge in [-0.3, -0.25) is 4.79 Å². The lowest BCUT2D eigenvalue weighted by Gasteiger charge is -2.19. The van der Waals surface area contributed by atoms with E-state index in [2.05, 4.69) is 26.6 Å². The molecule has 0 bridgehead atoms. The molecule has 1 aliphatic rings. The third kappa shape index (κ3) is 4.20. The highest BCUT2D eigenvalue weighted by atomic mass is 79.9. The van der Waals surface area contributed by atoms with Crippen molar-refractivity contribution in [2.24, 2.45) is 0 Å². The number of carbonyl (C=O) groups excluding carboxylic acids is 1. The lowest BCUT2D eigenvalue weighted by Crippen LogP contribution is -2.18. The quantitative estimate of drug-likeness (QED) is 0.810. The average molecular weight is 391 g/mol. The lowest BCUT2D eigenvalue weighted by atomic mass is 10.2. The van der Waals surface area contributed by atoms with Gasteiger partial charge in [0.1, 0.15) is 13.2 Å². The van der Waals surface area contributed by atoms with E-state index < -0.39 is 0 Å². The monoisotopic (exact) mass is 390 g/mol. The van der Waals surface area contributed by atoms with Gasteiger partial charge in [-0.15, -0.1) is 0 Å². The predicted octanol–water partition coefficient (Wildman–Crippen LogP) is 3.97. The number of hydrogen-bond donors (Lipinski definition) is 2. The van der Waals surface area contributed by atoms with E-state index in [-0.39, 0.29) is 5.91 Å². The summed E-state index contributed by atoms with van der Waals surface area (Å²) in [6.07, 6.45) is 0.370. The number of rotatable bonds is 5. The Morgan fingerprint density at radius 2 is 1.92 bits per heavy atom.